The highest BCUT2D eigenvalue weighted by Gasteiger charge is 2.41. The van der Waals surface area contributed by atoms with Crippen molar-refractivity contribution in [1.82, 2.24) is 0 Å². The number of hydrogen-bond acceptors (Lipinski definition) is 6. The molecule has 1 aliphatic carbocycles. The number of allylic oxidation sites excluding steroid dienone is 3. The molecular formula is C26H29N3OS2. The molecule has 1 atom stereocenters. The molecule has 2 heterocycles. The summed E-state index contributed by atoms with van der Waals surface area (Å²) in [4.78, 5) is 16.6. The van der Waals surface area contributed by atoms with Crippen LogP contribution < -0.4 is 10.6 Å². The van der Waals surface area contributed by atoms with Crippen molar-refractivity contribution in [3.8, 4) is 6.07 Å². The van der Waals surface area contributed by atoms with Gasteiger partial charge < -0.3 is 5.73 Å². The lowest BCUT2D eigenvalue weighted by Crippen LogP contribution is -2.38. The maximum absolute atomic E-state index is 13.3. The Hall–Kier alpha value is -2.49. The Morgan fingerprint density at radius 2 is 1.94 bits per heavy atom. The van der Waals surface area contributed by atoms with Crippen molar-refractivity contribution in [2.45, 2.75) is 63.0 Å². The molecule has 0 unspecified atom stereocenters. The van der Waals surface area contributed by atoms with Crippen LogP contribution in [-0.2, 0) is 17.6 Å². The molecule has 1 aliphatic heterocycles. The van der Waals surface area contributed by atoms with E-state index in [-0.39, 0.29) is 11.7 Å². The summed E-state index contributed by atoms with van der Waals surface area (Å²) in [5, 5.41) is 10.2. The zero-order chi connectivity index (χ0) is 22.8. The fraction of sp³-hybridized carbons (Fsp3) is 0.385. The first-order valence-corrected chi connectivity index (χ1v) is 13.1. The summed E-state index contributed by atoms with van der Waals surface area (Å²) >= 11 is 3.56. The summed E-state index contributed by atoms with van der Waals surface area (Å²) in [6.07, 6.45) is 4.01. The number of rotatable bonds is 6. The minimum atomic E-state index is -0.375. The van der Waals surface area contributed by atoms with Crippen LogP contribution in [0.4, 0.5) is 5.69 Å². The third kappa shape index (κ3) is 3.89. The molecule has 4 rings (SSSR count). The number of carbonyl (C=O) groups excluding carboxylic acids is 1. The van der Waals surface area contributed by atoms with E-state index < -0.39 is 0 Å². The molecule has 166 valence electrons. The molecule has 0 radical (unpaired) electrons. The van der Waals surface area contributed by atoms with Gasteiger partial charge in [-0.15, -0.1) is 23.1 Å². The first kappa shape index (κ1) is 22.7. The molecular weight excluding hydrogens is 434 g/mol. The van der Waals surface area contributed by atoms with Crippen molar-refractivity contribution < 1.29 is 4.79 Å². The molecule has 6 heteroatoms. The Balaban J connectivity index is 1.94. The van der Waals surface area contributed by atoms with E-state index in [0.717, 1.165) is 54.0 Å². The number of Topliss-reactive ketones (excluding diaryl/α,β-unsaturated/α-hetero) is 1. The summed E-state index contributed by atoms with van der Waals surface area (Å²) in [7, 11) is 0. The van der Waals surface area contributed by atoms with Crippen LogP contribution in [0.1, 0.15) is 62.0 Å². The van der Waals surface area contributed by atoms with Gasteiger partial charge in [0.15, 0.2) is 5.78 Å². The van der Waals surface area contributed by atoms with Gasteiger partial charge in [-0.25, -0.2) is 0 Å². The lowest BCUT2D eigenvalue weighted by atomic mass is 9.76. The van der Waals surface area contributed by atoms with Gasteiger partial charge in [0, 0.05) is 28.3 Å². The van der Waals surface area contributed by atoms with Crippen molar-refractivity contribution in [1.29, 1.82) is 5.26 Å². The van der Waals surface area contributed by atoms with Gasteiger partial charge in [0.05, 0.1) is 21.8 Å². The number of carbonyl (C=O) groups is 1. The number of benzene rings is 1. The summed E-state index contributed by atoms with van der Waals surface area (Å²) in [5.41, 5.74) is 12.1. The van der Waals surface area contributed by atoms with E-state index >= 15 is 0 Å². The maximum atomic E-state index is 13.3. The molecule has 2 N–H and O–H groups in total. The fourth-order valence-corrected chi connectivity index (χ4v) is 7.01. The minimum absolute atomic E-state index is 0.142. The molecule has 0 spiro atoms. The highest BCUT2D eigenvalue weighted by Crippen LogP contribution is 2.50. The summed E-state index contributed by atoms with van der Waals surface area (Å²) in [5.74, 6) is 1.16. The van der Waals surface area contributed by atoms with Crippen molar-refractivity contribution in [2.24, 2.45) is 5.73 Å². The number of nitrogens with zero attached hydrogens (tertiary/aromatic N) is 2. The molecule has 32 heavy (non-hydrogen) atoms. The molecule has 0 saturated heterocycles. The molecule has 1 aromatic heterocycles. The lowest BCUT2D eigenvalue weighted by molar-refractivity contribution is -0.116. The second-order valence-electron chi connectivity index (χ2n) is 8.08. The Labute approximate surface area is 198 Å². The van der Waals surface area contributed by atoms with Crippen LogP contribution in [0.2, 0.25) is 0 Å². The summed E-state index contributed by atoms with van der Waals surface area (Å²) in [6.45, 7) is 6.40. The summed E-state index contributed by atoms with van der Waals surface area (Å²) in [6, 6.07) is 12.9. The third-order valence-electron chi connectivity index (χ3n) is 6.23. The monoisotopic (exact) mass is 463 g/mol. The van der Waals surface area contributed by atoms with Crippen LogP contribution in [-0.4, -0.2) is 11.5 Å². The SMILES string of the molecule is CCSc1sc(CC)cc1[C@H]1C(C#N)=C(N)N(c2ccc(CC)cc2)C2=C1C(=O)CCC2. The highest BCUT2D eigenvalue weighted by molar-refractivity contribution is 8.01. The third-order valence-corrected chi connectivity index (χ3v) is 8.71. The first-order chi connectivity index (χ1) is 15.5. The second-order valence-corrected chi connectivity index (χ2v) is 10.7. The fourth-order valence-electron chi connectivity index (χ4n) is 4.63. The van der Waals surface area contributed by atoms with Gasteiger partial charge in [0.25, 0.3) is 0 Å². The highest BCUT2D eigenvalue weighted by atomic mass is 32.2. The number of thioether (sulfide) groups is 1. The van der Waals surface area contributed by atoms with Crippen molar-refractivity contribution in [2.75, 3.05) is 10.7 Å². The number of anilines is 1. The van der Waals surface area contributed by atoms with Gasteiger partial charge in [-0.2, -0.15) is 5.26 Å². The van der Waals surface area contributed by atoms with Gasteiger partial charge in [-0.05, 0) is 60.8 Å². The predicted octanol–water partition coefficient (Wildman–Crippen LogP) is 6.29. The van der Waals surface area contributed by atoms with E-state index in [1.54, 1.807) is 23.1 Å². The van der Waals surface area contributed by atoms with Crippen LogP contribution in [0.25, 0.3) is 0 Å². The topological polar surface area (TPSA) is 70.1 Å². The zero-order valence-electron chi connectivity index (χ0n) is 18.9. The van der Waals surface area contributed by atoms with Gasteiger partial charge in [-0.3, -0.25) is 9.69 Å². The minimum Gasteiger partial charge on any atom is -0.384 e. The maximum Gasteiger partial charge on any atom is 0.161 e. The van der Waals surface area contributed by atoms with Crippen molar-refractivity contribution in [3.05, 3.63) is 69.0 Å². The smallest absolute Gasteiger partial charge is 0.161 e. The van der Waals surface area contributed by atoms with Gasteiger partial charge in [0.1, 0.15) is 5.82 Å². The quantitative estimate of drug-likeness (QED) is 0.510. The van der Waals surface area contributed by atoms with Crippen LogP contribution >= 0.6 is 23.1 Å². The second kappa shape index (κ2) is 9.56. The zero-order valence-corrected chi connectivity index (χ0v) is 20.5. The number of nitrogens with two attached hydrogens (primary N) is 1. The van der Waals surface area contributed by atoms with E-state index in [4.69, 9.17) is 5.73 Å². The van der Waals surface area contributed by atoms with Crippen LogP contribution in [0.5, 0.6) is 0 Å². The largest absolute Gasteiger partial charge is 0.384 e. The number of thiophene rings is 1. The average Bonchev–Trinajstić information content (AvgIpc) is 3.21. The van der Waals surface area contributed by atoms with Crippen LogP contribution in [0.3, 0.4) is 0 Å². The number of ketones is 1. The molecule has 4 nitrogen and oxygen atoms in total. The van der Waals surface area contributed by atoms with Gasteiger partial charge in [-0.1, -0.05) is 32.9 Å². The van der Waals surface area contributed by atoms with Crippen LogP contribution in [0, 0.1) is 11.3 Å². The van der Waals surface area contributed by atoms with E-state index in [9.17, 15) is 10.1 Å². The Morgan fingerprint density at radius 3 is 2.56 bits per heavy atom. The number of aryl methyl sites for hydroxylation is 2. The number of hydrogen-bond donors (Lipinski definition) is 1. The molecule has 2 aromatic rings. The van der Waals surface area contributed by atoms with Crippen LogP contribution in [0.15, 0.2) is 57.2 Å². The molecule has 0 amide bonds. The van der Waals surface area contributed by atoms with Gasteiger partial charge >= 0.3 is 0 Å². The normalized spacial score (nSPS) is 18.8. The Morgan fingerprint density at radius 1 is 1.19 bits per heavy atom. The van der Waals surface area contributed by atoms with Crippen molar-refractivity contribution in [3.63, 3.8) is 0 Å². The average molecular weight is 464 g/mol. The molecule has 0 saturated carbocycles. The van der Waals surface area contributed by atoms with E-state index in [2.05, 4.69) is 45.0 Å². The lowest BCUT2D eigenvalue weighted by Gasteiger charge is -2.39. The Kier molecular flexibility index (Phi) is 6.78. The molecule has 2 aliphatic rings. The molecule has 0 bridgehead atoms. The standard InChI is InChI=1S/C26H29N3OS2/c1-4-16-10-12-17(13-11-16)29-21-8-7-9-22(30)24(21)23(20(15-27)25(29)28)19-14-18(5-2)32-26(19)31-6-3/h10-14,23H,4-9,28H2,1-3H3/t23-/m0/s1. The molecule has 0 fully saturated rings. The van der Waals surface area contributed by atoms with E-state index in [1.807, 2.05) is 17.0 Å². The number of nitriles is 1. The van der Waals surface area contributed by atoms with E-state index in [1.165, 1.54) is 14.6 Å². The Bertz CT molecular complexity index is 1130. The first-order valence-electron chi connectivity index (χ1n) is 11.3. The van der Waals surface area contributed by atoms with Gasteiger partial charge in [0.2, 0.25) is 0 Å². The summed E-state index contributed by atoms with van der Waals surface area (Å²) < 4.78 is 1.20. The van der Waals surface area contributed by atoms with E-state index in [0.29, 0.717) is 17.8 Å². The molecule has 1 aromatic carbocycles. The predicted molar refractivity (Wildman–Crippen MR) is 134 cm³/mol. The van der Waals surface area contributed by atoms with Crippen molar-refractivity contribution >= 4 is 34.6 Å².